The molecule has 0 aliphatic heterocycles. The monoisotopic (exact) mass is 517 g/mol. The Kier molecular flexibility index (Phi) is 8.31. The summed E-state index contributed by atoms with van der Waals surface area (Å²) < 4.78 is 6.04. The number of nitrogens with zero attached hydrogens (tertiary/aromatic N) is 1. The van der Waals surface area contributed by atoms with E-state index in [1.54, 1.807) is 4.90 Å². The van der Waals surface area contributed by atoms with Gasteiger partial charge in [0.1, 0.15) is 13.6 Å². The van der Waals surface area contributed by atoms with E-state index in [1.807, 2.05) is 60.7 Å². The maximum absolute atomic E-state index is 13.8. The highest BCUT2D eigenvalue weighted by atomic mass is 16.5. The molecular weight excluding hydrogens is 485 g/mol. The molecule has 1 aliphatic rings. The summed E-state index contributed by atoms with van der Waals surface area (Å²) in [6, 6.07) is 30.1. The molecule has 0 heterocycles. The second-order valence-electron chi connectivity index (χ2n) is 10.1. The maximum atomic E-state index is 13.8. The second kappa shape index (κ2) is 12.2. The predicted molar refractivity (Wildman–Crippen MR) is 155 cm³/mol. The summed E-state index contributed by atoms with van der Waals surface area (Å²) in [6.07, 6.45) is 4.19. The van der Waals surface area contributed by atoms with Crippen LogP contribution in [0.2, 0.25) is 0 Å². The SMILES string of the molecule is [B]C(c1ccccc1OCCCCCC(=O)O)N(C(=O)c1ccc(-c2cccc3ccccc23)cc1)C1CC1. The summed E-state index contributed by atoms with van der Waals surface area (Å²) in [5.74, 6) is -0.836. The van der Waals surface area contributed by atoms with Crippen molar-refractivity contribution in [2.24, 2.45) is 0 Å². The largest absolute Gasteiger partial charge is 0.493 e. The van der Waals surface area contributed by atoms with Gasteiger partial charge in [-0.05, 0) is 72.2 Å². The Bertz CT molecular complexity index is 1440. The minimum atomic E-state index is -0.778. The van der Waals surface area contributed by atoms with Crippen molar-refractivity contribution in [3.05, 3.63) is 102 Å². The number of aliphatic carboxylic acids is 1. The lowest BCUT2D eigenvalue weighted by Crippen LogP contribution is -2.37. The maximum Gasteiger partial charge on any atom is 0.303 e. The molecule has 0 aromatic heterocycles. The van der Waals surface area contributed by atoms with Gasteiger partial charge >= 0.3 is 5.97 Å². The number of hydrogen-bond donors (Lipinski definition) is 1. The molecule has 1 N–H and O–H groups in total. The van der Waals surface area contributed by atoms with Crippen molar-refractivity contribution < 1.29 is 19.4 Å². The number of amides is 1. The van der Waals surface area contributed by atoms with Gasteiger partial charge in [-0.15, -0.1) is 0 Å². The standard InChI is InChI=1S/C33H32BNO4/c34-32(29-12-5-6-14-30(29)39-22-7-1-2-15-31(36)37)35(26-20-21-26)33(38)25-18-16-24(17-19-25)28-13-8-10-23-9-3-4-11-27(23)28/h3-6,8-14,16-19,26,32H,1-2,7,15,20-22H2,(H,36,37). The smallest absolute Gasteiger partial charge is 0.303 e. The zero-order chi connectivity index (χ0) is 27.2. The molecule has 5 nitrogen and oxygen atoms in total. The number of ether oxygens (including phenoxy) is 1. The average molecular weight is 517 g/mol. The van der Waals surface area contributed by atoms with Gasteiger partial charge in [-0.1, -0.05) is 72.8 Å². The molecule has 1 amide bonds. The molecule has 0 saturated heterocycles. The van der Waals surface area contributed by atoms with Gasteiger partial charge in [-0.25, -0.2) is 0 Å². The zero-order valence-electron chi connectivity index (χ0n) is 22.0. The average Bonchev–Trinajstić information content (AvgIpc) is 3.80. The highest BCUT2D eigenvalue weighted by Crippen LogP contribution is 2.37. The summed E-state index contributed by atoms with van der Waals surface area (Å²) in [4.78, 5) is 26.3. The van der Waals surface area contributed by atoms with Crippen LogP contribution in [0.1, 0.15) is 60.4 Å². The number of benzene rings is 4. The number of hydrogen-bond acceptors (Lipinski definition) is 3. The number of para-hydroxylation sites is 1. The third-order valence-electron chi connectivity index (χ3n) is 7.24. The normalized spacial score (nSPS) is 13.6. The van der Waals surface area contributed by atoms with Crippen LogP contribution < -0.4 is 4.74 Å². The van der Waals surface area contributed by atoms with E-state index in [2.05, 4.69) is 30.3 Å². The van der Waals surface area contributed by atoms with E-state index in [9.17, 15) is 9.59 Å². The lowest BCUT2D eigenvalue weighted by Gasteiger charge is -2.31. The van der Waals surface area contributed by atoms with E-state index in [0.717, 1.165) is 42.4 Å². The van der Waals surface area contributed by atoms with Gasteiger partial charge in [0.2, 0.25) is 0 Å². The number of carboxylic acid groups (broad SMARTS) is 1. The van der Waals surface area contributed by atoms with Gasteiger partial charge in [0, 0.05) is 29.5 Å². The van der Waals surface area contributed by atoms with Crippen LogP contribution in [-0.2, 0) is 4.79 Å². The molecule has 0 spiro atoms. The highest BCUT2D eigenvalue weighted by molar-refractivity contribution is 6.14. The molecule has 5 rings (SSSR count). The molecule has 4 aromatic rings. The zero-order valence-corrected chi connectivity index (χ0v) is 22.0. The Morgan fingerprint density at radius 3 is 2.36 bits per heavy atom. The lowest BCUT2D eigenvalue weighted by atomic mass is 9.86. The van der Waals surface area contributed by atoms with E-state index in [0.29, 0.717) is 24.3 Å². The molecule has 0 bridgehead atoms. The number of carbonyl (C=O) groups excluding carboxylic acids is 1. The van der Waals surface area contributed by atoms with E-state index in [-0.39, 0.29) is 18.4 Å². The van der Waals surface area contributed by atoms with Crippen LogP contribution in [0.25, 0.3) is 21.9 Å². The molecule has 2 radical (unpaired) electrons. The Hall–Kier alpha value is -4.06. The van der Waals surface area contributed by atoms with Crippen LogP contribution in [0.5, 0.6) is 5.75 Å². The minimum Gasteiger partial charge on any atom is -0.493 e. The van der Waals surface area contributed by atoms with E-state index < -0.39 is 11.9 Å². The van der Waals surface area contributed by atoms with Crippen LogP contribution in [0, 0.1) is 0 Å². The van der Waals surface area contributed by atoms with Crippen molar-refractivity contribution in [1.82, 2.24) is 4.90 Å². The molecule has 1 unspecified atom stereocenters. The predicted octanol–water partition coefficient (Wildman–Crippen LogP) is 7.00. The summed E-state index contributed by atoms with van der Waals surface area (Å²) in [6.45, 7) is 0.469. The Labute approximate surface area is 230 Å². The van der Waals surface area contributed by atoms with Crippen molar-refractivity contribution in [3.8, 4) is 16.9 Å². The molecule has 196 valence electrons. The van der Waals surface area contributed by atoms with Gasteiger partial charge in [0.05, 0.1) is 6.61 Å². The third kappa shape index (κ3) is 6.34. The summed E-state index contributed by atoms with van der Waals surface area (Å²) in [7, 11) is 6.75. The van der Waals surface area contributed by atoms with E-state index in [1.165, 1.54) is 10.8 Å². The molecular formula is C33H32BNO4. The van der Waals surface area contributed by atoms with Gasteiger partial charge in [0.25, 0.3) is 5.91 Å². The van der Waals surface area contributed by atoms with Crippen molar-refractivity contribution in [3.63, 3.8) is 0 Å². The molecule has 4 aromatic carbocycles. The fraction of sp³-hybridized carbons (Fsp3) is 0.273. The number of carboxylic acids is 1. The summed E-state index contributed by atoms with van der Waals surface area (Å²) >= 11 is 0. The molecule has 6 heteroatoms. The van der Waals surface area contributed by atoms with Crippen LogP contribution >= 0.6 is 0 Å². The van der Waals surface area contributed by atoms with Gasteiger partial charge < -0.3 is 14.7 Å². The van der Waals surface area contributed by atoms with Crippen molar-refractivity contribution >= 4 is 30.5 Å². The van der Waals surface area contributed by atoms with Crippen LogP contribution in [0.15, 0.2) is 91.0 Å². The van der Waals surface area contributed by atoms with Crippen LogP contribution in [0.4, 0.5) is 0 Å². The molecule has 1 saturated carbocycles. The summed E-state index contributed by atoms with van der Waals surface area (Å²) in [5, 5.41) is 11.2. The third-order valence-corrected chi connectivity index (χ3v) is 7.24. The first-order valence-electron chi connectivity index (χ1n) is 13.6. The fourth-order valence-electron chi connectivity index (χ4n) is 5.03. The van der Waals surface area contributed by atoms with Crippen LogP contribution in [-0.4, -0.2) is 42.4 Å². The van der Waals surface area contributed by atoms with Crippen molar-refractivity contribution in [2.45, 2.75) is 50.5 Å². The minimum absolute atomic E-state index is 0.0852. The first kappa shape index (κ1) is 26.5. The van der Waals surface area contributed by atoms with E-state index >= 15 is 0 Å². The van der Waals surface area contributed by atoms with Crippen LogP contribution in [0.3, 0.4) is 0 Å². The first-order chi connectivity index (χ1) is 19.0. The Balaban J connectivity index is 1.31. The van der Waals surface area contributed by atoms with E-state index in [4.69, 9.17) is 17.7 Å². The number of rotatable bonds is 12. The Morgan fingerprint density at radius 2 is 1.59 bits per heavy atom. The number of unbranched alkanes of at least 4 members (excludes halogenated alkanes) is 2. The number of carbonyl (C=O) groups is 2. The topological polar surface area (TPSA) is 66.8 Å². The molecule has 1 aliphatic carbocycles. The Morgan fingerprint density at radius 1 is 0.872 bits per heavy atom. The van der Waals surface area contributed by atoms with Gasteiger partial charge in [0.15, 0.2) is 0 Å². The molecule has 1 atom stereocenters. The lowest BCUT2D eigenvalue weighted by molar-refractivity contribution is -0.137. The van der Waals surface area contributed by atoms with Crippen molar-refractivity contribution in [2.75, 3.05) is 6.61 Å². The molecule has 39 heavy (non-hydrogen) atoms. The fourth-order valence-corrected chi connectivity index (χ4v) is 5.03. The van der Waals surface area contributed by atoms with Gasteiger partial charge in [-0.3, -0.25) is 9.59 Å². The quantitative estimate of drug-likeness (QED) is 0.162. The van der Waals surface area contributed by atoms with Gasteiger partial charge in [-0.2, -0.15) is 0 Å². The molecule has 1 fully saturated rings. The first-order valence-corrected chi connectivity index (χ1v) is 13.6. The van der Waals surface area contributed by atoms with Crippen molar-refractivity contribution in [1.29, 1.82) is 0 Å². The summed E-state index contributed by atoms with van der Waals surface area (Å²) in [5.41, 5.74) is 3.58. The number of fused-ring (bicyclic) bond motifs is 1. The second-order valence-corrected chi connectivity index (χ2v) is 10.1. The highest BCUT2D eigenvalue weighted by Gasteiger charge is 2.37.